The third-order valence-corrected chi connectivity index (χ3v) is 2.92. The molecule has 0 atom stereocenters. The van der Waals surface area contributed by atoms with Crippen LogP contribution in [0.3, 0.4) is 0 Å². The third kappa shape index (κ3) is 1.98. The van der Waals surface area contributed by atoms with Gasteiger partial charge in [0.15, 0.2) is 0 Å². The van der Waals surface area contributed by atoms with Crippen molar-refractivity contribution in [3.63, 3.8) is 0 Å². The molecule has 0 radical (unpaired) electrons. The summed E-state index contributed by atoms with van der Waals surface area (Å²) in [4.78, 5) is 23.0. The number of aryl methyl sites for hydroxylation is 1. The van der Waals surface area contributed by atoms with Crippen LogP contribution in [0.15, 0.2) is 18.2 Å². The first kappa shape index (κ1) is 10.9. The normalized spacial score (nSPS) is 15.7. The molecule has 1 aliphatic rings. The van der Waals surface area contributed by atoms with Gasteiger partial charge in [-0.2, -0.15) is 0 Å². The lowest BCUT2D eigenvalue weighted by Gasteiger charge is -2.09. The maximum Gasteiger partial charge on any atom is 0.258 e. The van der Waals surface area contributed by atoms with E-state index in [0.29, 0.717) is 24.3 Å². The Balaban J connectivity index is 2.45. The van der Waals surface area contributed by atoms with Crippen molar-refractivity contribution in [2.45, 2.75) is 32.6 Å². The number of imide groups is 1. The number of nitrogens with one attached hydrogen (secondary N) is 1. The maximum atomic E-state index is 11.8. The van der Waals surface area contributed by atoms with E-state index in [-0.39, 0.29) is 11.8 Å². The molecule has 84 valence electrons. The van der Waals surface area contributed by atoms with Crippen molar-refractivity contribution in [1.82, 2.24) is 5.32 Å². The summed E-state index contributed by atoms with van der Waals surface area (Å²) in [5, 5.41) is 2.39. The topological polar surface area (TPSA) is 46.2 Å². The number of carbonyl (C=O) groups excluding carboxylic acids is 2. The molecule has 0 fully saturated rings. The van der Waals surface area contributed by atoms with Crippen molar-refractivity contribution in [3.05, 3.63) is 34.9 Å². The van der Waals surface area contributed by atoms with Crippen LogP contribution >= 0.6 is 0 Å². The van der Waals surface area contributed by atoms with Gasteiger partial charge in [-0.1, -0.05) is 26.0 Å². The van der Waals surface area contributed by atoms with E-state index in [1.807, 2.05) is 18.2 Å². The number of fused-ring (bicyclic) bond motifs is 1. The van der Waals surface area contributed by atoms with E-state index in [0.717, 1.165) is 11.1 Å². The van der Waals surface area contributed by atoms with E-state index < -0.39 is 0 Å². The number of benzene rings is 1. The van der Waals surface area contributed by atoms with Gasteiger partial charge in [0.1, 0.15) is 0 Å². The lowest BCUT2D eigenvalue weighted by Crippen LogP contribution is -2.28. The lowest BCUT2D eigenvalue weighted by molar-refractivity contribution is -0.119. The minimum atomic E-state index is -0.264. The molecule has 0 saturated carbocycles. The zero-order chi connectivity index (χ0) is 11.7. The quantitative estimate of drug-likeness (QED) is 0.731. The van der Waals surface area contributed by atoms with Crippen LogP contribution in [0.4, 0.5) is 0 Å². The number of hydrogen-bond donors (Lipinski definition) is 1. The summed E-state index contributed by atoms with van der Waals surface area (Å²) in [6.45, 7) is 4.17. The molecular formula is C13H15NO2. The standard InChI is InChI=1S/C13H15NO2/c1-8(2)10-4-3-9-5-6-12(15)14-13(16)11(9)7-10/h3-4,7-8H,5-6H2,1-2H3,(H,14,15,16). The highest BCUT2D eigenvalue weighted by Crippen LogP contribution is 2.21. The average molecular weight is 217 g/mol. The highest BCUT2D eigenvalue weighted by atomic mass is 16.2. The molecule has 0 aliphatic carbocycles. The van der Waals surface area contributed by atoms with Gasteiger partial charge in [-0.05, 0) is 29.5 Å². The Morgan fingerprint density at radius 1 is 1.19 bits per heavy atom. The molecule has 2 rings (SSSR count). The van der Waals surface area contributed by atoms with Crippen LogP contribution in [-0.4, -0.2) is 11.8 Å². The first-order chi connectivity index (χ1) is 7.58. The molecule has 3 heteroatoms. The maximum absolute atomic E-state index is 11.8. The summed E-state index contributed by atoms with van der Waals surface area (Å²) in [7, 11) is 0. The van der Waals surface area contributed by atoms with E-state index >= 15 is 0 Å². The molecule has 0 saturated heterocycles. The Morgan fingerprint density at radius 3 is 2.62 bits per heavy atom. The van der Waals surface area contributed by atoms with Gasteiger partial charge in [-0.3, -0.25) is 14.9 Å². The predicted octanol–water partition coefficient (Wildman–Crippen LogP) is 2.01. The van der Waals surface area contributed by atoms with E-state index in [1.165, 1.54) is 0 Å². The van der Waals surface area contributed by atoms with Crippen molar-refractivity contribution in [1.29, 1.82) is 0 Å². The average Bonchev–Trinajstić information content (AvgIpc) is 2.38. The predicted molar refractivity (Wildman–Crippen MR) is 61.3 cm³/mol. The smallest absolute Gasteiger partial charge is 0.258 e. The van der Waals surface area contributed by atoms with Gasteiger partial charge in [0.05, 0.1) is 0 Å². The van der Waals surface area contributed by atoms with Gasteiger partial charge in [0.25, 0.3) is 5.91 Å². The van der Waals surface area contributed by atoms with Crippen LogP contribution < -0.4 is 5.32 Å². The Kier molecular flexibility index (Phi) is 2.77. The second-order valence-electron chi connectivity index (χ2n) is 4.45. The molecule has 0 aromatic heterocycles. The van der Waals surface area contributed by atoms with Gasteiger partial charge in [0, 0.05) is 12.0 Å². The molecular weight excluding hydrogens is 202 g/mol. The Labute approximate surface area is 94.9 Å². The second-order valence-corrected chi connectivity index (χ2v) is 4.45. The molecule has 1 aromatic rings. The lowest BCUT2D eigenvalue weighted by atomic mass is 9.95. The van der Waals surface area contributed by atoms with Crippen LogP contribution in [0.1, 0.15) is 47.7 Å². The summed E-state index contributed by atoms with van der Waals surface area (Å²) in [6.07, 6.45) is 1.03. The van der Waals surface area contributed by atoms with Crippen molar-refractivity contribution in [2.24, 2.45) is 0 Å². The van der Waals surface area contributed by atoms with Crippen LogP contribution in [0.2, 0.25) is 0 Å². The highest BCUT2D eigenvalue weighted by molar-refractivity contribution is 6.06. The zero-order valence-corrected chi connectivity index (χ0v) is 9.54. The van der Waals surface area contributed by atoms with Crippen LogP contribution in [-0.2, 0) is 11.2 Å². The highest BCUT2D eigenvalue weighted by Gasteiger charge is 2.20. The van der Waals surface area contributed by atoms with Crippen molar-refractivity contribution in [2.75, 3.05) is 0 Å². The van der Waals surface area contributed by atoms with Gasteiger partial charge >= 0.3 is 0 Å². The number of carbonyl (C=O) groups is 2. The monoisotopic (exact) mass is 217 g/mol. The molecule has 1 aromatic carbocycles. The SMILES string of the molecule is CC(C)c1ccc2c(c1)C(=O)NC(=O)CC2. The first-order valence-corrected chi connectivity index (χ1v) is 5.55. The summed E-state index contributed by atoms with van der Waals surface area (Å²) in [6, 6.07) is 5.89. The largest absolute Gasteiger partial charge is 0.292 e. The fourth-order valence-corrected chi connectivity index (χ4v) is 1.89. The second kappa shape index (κ2) is 4.08. The molecule has 16 heavy (non-hydrogen) atoms. The molecule has 3 nitrogen and oxygen atoms in total. The Hall–Kier alpha value is -1.64. The third-order valence-electron chi connectivity index (χ3n) is 2.92. The molecule has 1 heterocycles. The number of rotatable bonds is 1. The summed E-state index contributed by atoms with van der Waals surface area (Å²) in [5.74, 6) is -0.0654. The fourth-order valence-electron chi connectivity index (χ4n) is 1.89. The van der Waals surface area contributed by atoms with Gasteiger partial charge < -0.3 is 0 Å². The van der Waals surface area contributed by atoms with E-state index in [9.17, 15) is 9.59 Å². The molecule has 2 amide bonds. The van der Waals surface area contributed by atoms with E-state index in [4.69, 9.17) is 0 Å². The van der Waals surface area contributed by atoms with Gasteiger partial charge in [0.2, 0.25) is 5.91 Å². The summed E-state index contributed by atoms with van der Waals surface area (Å²) < 4.78 is 0. The van der Waals surface area contributed by atoms with Crippen LogP contribution in [0, 0.1) is 0 Å². The molecule has 0 unspecified atom stereocenters. The zero-order valence-electron chi connectivity index (χ0n) is 9.54. The molecule has 1 N–H and O–H groups in total. The first-order valence-electron chi connectivity index (χ1n) is 5.55. The Bertz CT molecular complexity index is 449. The minimum absolute atomic E-state index is 0.188. The minimum Gasteiger partial charge on any atom is -0.292 e. The summed E-state index contributed by atoms with van der Waals surface area (Å²) in [5.41, 5.74) is 2.74. The van der Waals surface area contributed by atoms with Crippen LogP contribution in [0.5, 0.6) is 0 Å². The van der Waals surface area contributed by atoms with Gasteiger partial charge in [-0.15, -0.1) is 0 Å². The number of hydrogen-bond acceptors (Lipinski definition) is 2. The molecule has 0 spiro atoms. The van der Waals surface area contributed by atoms with Crippen molar-refractivity contribution in [3.8, 4) is 0 Å². The Morgan fingerprint density at radius 2 is 1.94 bits per heavy atom. The van der Waals surface area contributed by atoms with Crippen molar-refractivity contribution < 1.29 is 9.59 Å². The van der Waals surface area contributed by atoms with Crippen molar-refractivity contribution >= 4 is 11.8 Å². The van der Waals surface area contributed by atoms with Crippen LogP contribution in [0.25, 0.3) is 0 Å². The van der Waals surface area contributed by atoms with E-state index in [2.05, 4.69) is 19.2 Å². The molecule has 1 aliphatic heterocycles. The number of amides is 2. The molecule has 0 bridgehead atoms. The summed E-state index contributed by atoms with van der Waals surface area (Å²) >= 11 is 0. The fraction of sp³-hybridized carbons (Fsp3) is 0.385. The van der Waals surface area contributed by atoms with Gasteiger partial charge in [-0.25, -0.2) is 0 Å². The van der Waals surface area contributed by atoms with E-state index in [1.54, 1.807) is 0 Å².